The second-order valence-corrected chi connectivity index (χ2v) is 4.84. The third-order valence-corrected chi connectivity index (χ3v) is 3.28. The maximum Gasteiger partial charge on any atom is 0.200 e. The molecule has 0 fully saturated rings. The van der Waals surface area contributed by atoms with Gasteiger partial charge in [0.25, 0.3) is 0 Å². The highest BCUT2D eigenvalue weighted by atomic mass is 19.2. The van der Waals surface area contributed by atoms with Gasteiger partial charge >= 0.3 is 0 Å². The van der Waals surface area contributed by atoms with Gasteiger partial charge in [0.15, 0.2) is 29.1 Å². The highest BCUT2D eigenvalue weighted by Crippen LogP contribution is 2.24. The number of hydrogen-bond acceptors (Lipinski definition) is 1. The monoisotopic (exact) mass is 314 g/mol. The van der Waals surface area contributed by atoms with Crippen molar-refractivity contribution >= 4 is 5.78 Å². The van der Waals surface area contributed by atoms with E-state index in [1.54, 1.807) is 12.1 Å². The quantitative estimate of drug-likeness (QED) is 0.351. The Hall–Kier alpha value is -2.24. The lowest BCUT2D eigenvalue weighted by atomic mass is 10.0. The van der Waals surface area contributed by atoms with Crippen LogP contribution < -0.4 is 0 Å². The van der Waals surface area contributed by atoms with Gasteiger partial charge < -0.3 is 0 Å². The fourth-order valence-electron chi connectivity index (χ4n) is 1.99. The van der Waals surface area contributed by atoms with E-state index in [4.69, 9.17) is 0 Å². The Morgan fingerprint density at radius 2 is 1.27 bits per heavy atom. The van der Waals surface area contributed by atoms with Crippen molar-refractivity contribution in [2.75, 3.05) is 0 Å². The van der Waals surface area contributed by atoms with Crippen molar-refractivity contribution in [3.63, 3.8) is 0 Å². The van der Waals surface area contributed by atoms with Crippen LogP contribution in [0.25, 0.3) is 0 Å². The summed E-state index contributed by atoms with van der Waals surface area (Å²) in [5.41, 5.74) is 0.266. The summed E-state index contributed by atoms with van der Waals surface area (Å²) in [6.07, 6.45) is -0.931. The van der Waals surface area contributed by atoms with Gasteiger partial charge in [-0.3, -0.25) is 4.79 Å². The normalized spacial score (nSPS) is 10.8. The molecule has 0 amide bonds. The third-order valence-electron chi connectivity index (χ3n) is 3.28. The molecule has 2 aromatic carbocycles. The van der Waals surface area contributed by atoms with Gasteiger partial charge in [-0.2, -0.15) is 0 Å². The van der Waals surface area contributed by atoms with E-state index < -0.39 is 46.9 Å². The van der Waals surface area contributed by atoms with E-state index in [2.05, 4.69) is 0 Å². The third kappa shape index (κ3) is 3.00. The minimum atomic E-state index is -2.20. The van der Waals surface area contributed by atoms with Crippen molar-refractivity contribution in [2.24, 2.45) is 0 Å². The van der Waals surface area contributed by atoms with E-state index in [1.807, 2.05) is 6.92 Å². The summed E-state index contributed by atoms with van der Waals surface area (Å²) in [5, 5.41) is 0. The number of Topliss-reactive ketones (excluding diaryl/α,β-unsaturated/α-hetero) is 1. The molecule has 0 N–H and O–H groups in total. The number of hydrogen-bond donors (Lipinski definition) is 0. The zero-order chi connectivity index (χ0) is 16.4. The molecule has 2 rings (SSSR count). The fourth-order valence-corrected chi connectivity index (χ4v) is 1.99. The van der Waals surface area contributed by atoms with Gasteiger partial charge in [0.2, 0.25) is 5.82 Å². The minimum Gasteiger partial charge on any atom is -0.294 e. The maximum atomic E-state index is 13.5. The Bertz CT molecular complexity index is 693. The predicted octanol–water partition coefficient (Wildman–Crippen LogP) is 4.51. The highest BCUT2D eigenvalue weighted by molar-refractivity contribution is 5.96. The number of aryl methyl sites for hydroxylation is 1. The Morgan fingerprint density at radius 1 is 0.818 bits per heavy atom. The zero-order valence-corrected chi connectivity index (χ0v) is 11.5. The van der Waals surface area contributed by atoms with E-state index in [0.717, 1.165) is 5.56 Å². The van der Waals surface area contributed by atoms with E-state index in [-0.39, 0.29) is 6.42 Å². The first-order valence-electron chi connectivity index (χ1n) is 6.43. The van der Waals surface area contributed by atoms with Crippen LogP contribution in [0.1, 0.15) is 27.9 Å². The summed E-state index contributed by atoms with van der Waals surface area (Å²) in [6, 6.07) is 6.45. The first kappa shape index (κ1) is 16.1. The van der Waals surface area contributed by atoms with Gasteiger partial charge in [-0.05, 0) is 13.3 Å². The van der Waals surface area contributed by atoms with Crippen LogP contribution in [0.3, 0.4) is 0 Å². The molecule has 0 atom stereocenters. The molecule has 2 aromatic rings. The molecule has 116 valence electrons. The van der Waals surface area contributed by atoms with E-state index in [0.29, 0.717) is 5.56 Å². The van der Waals surface area contributed by atoms with Crippen LogP contribution in [0.2, 0.25) is 0 Å². The number of carbonyl (C=O) groups excluding carboxylic acids is 1. The largest absolute Gasteiger partial charge is 0.294 e. The topological polar surface area (TPSA) is 17.1 Å². The molecule has 6 heteroatoms. The van der Waals surface area contributed by atoms with Crippen LogP contribution in [0, 0.1) is 36.0 Å². The average Bonchev–Trinajstić information content (AvgIpc) is 2.51. The second kappa shape index (κ2) is 6.25. The molecule has 0 aliphatic carbocycles. The summed E-state index contributed by atoms with van der Waals surface area (Å²) >= 11 is 0. The number of rotatable bonds is 4. The van der Waals surface area contributed by atoms with E-state index in [1.165, 1.54) is 12.1 Å². The number of ketones is 1. The van der Waals surface area contributed by atoms with Crippen molar-refractivity contribution in [3.05, 3.63) is 70.0 Å². The van der Waals surface area contributed by atoms with Gasteiger partial charge in [0.05, 0.1) is 0 Å². The summed E-state index contributed by atoms with van der Waals surface area (Å²) in [5.74, 6) is -10.4. The zero-order valence-electron chi connectivity index (χ0n) is 11.5. The molecule has 0 unspecified atom stereocenters. The van der Waals surface area contributed by atoms with Crippen LogP contribution in [0.5, 0.6) is 0 Å². The molecular weight excluding hydrogens is 303 g/mol. The smallest absolute Gasteiger partial charge is 0.200 e. The summed E-state index contributed by atoms with van der Waals surface area (Å²) < 4.78 is 66.0. The van der Waals surface area contributed by atoms with Gasteiger partial charge in [-0.25, -0.2) is 22.0 Å². The summed E-state index contributed by atoms with van der Waals surface area (Å²) in [6.45, 7) is 1.82. The van der Waals surface area contributed by atoms with Gasteiger partial charge in [-0.1, -0.05) is 29.8 Å². The standard InChI is InChI=1S/C16H11F5O/c1-8-2-4-9(5-3-8)11(22)7-6-10-12(17)14(19)16(21)15(20)13(10)18/h2-5H,6-7H2,1H3. The molecule has 0 aliphatic rings. The van der Waals surface area contributed by atoms with Gasteiger partial charge in [0, 0.05) is 17.5 Å². The molecule has 0 heterocycles. The number of benzene rings is 2. The minimum absolute atomic E-state index is 0.314. The molecule has 22 heavy (non-hydrogen) atoms. The van der Waals surface area contributed by atoms with Crippen LogP contribution in [0.4, 0.5) is 22.0 Å². The predicted molar refractivity (Wildman–Crippen MR) is 70.1 cm³/mol. The first-order valence-corrected chi connectivity index (χ1v) is 6.43. The Labute approximate surface area is 123 Å². The fraction of sp³-hybridized carbons (Fsp3) is 0.188. The van der Waals surface area contributed by atoms with E-state index in [9.17, 15) is 26.7 Å². The van der Waals surface area contributed by atoms with Crippen LogP contribution in [0.15, 0.2) is 24.3 Å². The van der Waals surface area contributed by atoms with Crippen LogP contribution >= 0.6 is 0 Å². The van der Waals surface area contributed by atoms with Crippen LogP contribution in [-0.4, -0.2) is 5.78 Å². The first-order chi connectivity index (χ1) is 10.3. The Balaban J connectivity index is 2.22. The van der Waals surface area contributed by atoms with Crippen molar-refractivity contribution in [3.8, 4) is 0 Å². The number of halogens is 5. The lowest BCUT2D eigenvalue weighted by molar-refractivity contribution is 0.0982. The molecule has 0 saturated heterocycles. The second-order valence-electron chi connectivity index (χ2n) is 4.84. The molecule has 0 bridgehead atoms. The van der Waals surface area contributed by atoms with Crippen molar-refractivity contribution in [2.45, 2.75) is 19.8 Å². The summed E-state index contributed by atoms with van der Waals surface area (Å²) in [7, 11) is 0. The van der Waals surface area contributed by atoms with Crippen molar-refractivity contribution in [1.29, 1.82) is 0 Å². The van der Waals surface area contributed by atoms with E-state index >= 15 is 0 Å². The lowest BCUT2D eigenvalue weighted by Crippen LogP contribution is -2.09. The highest BCUT2D eigenvalue weighted by Gasteiger charge is 2.25. The SMILES string of the molecule is Cc1ccc(C(=O)CCc2c(F)c(F)c(F)c(F)c2F)cc1. The number of carbonyl (C=O) groups is 1. The van der Waals surface area contributed by atoms with Gasteiger partial charge in [-0.15, -0.1) is 0 Å². The maximum absolute atomic E-state index is 13.5. The Kier molecular flexibility index (Phi) is 4.59. The lowest BCUT2D eigenvalue weighted by Gasteiger charge is -2.08. The molecular formula is C16H11F5O. The molecule has 0 radical (unpaired) electrons. The van der Waals surface area contributed by atoms with Crippen molar-refractivity contribution < 1.29 is 26.7 Å². The van der Waals surface area contributed by atoms with Gasteiger partial charge in [0.1, 0.15) is 0 Å². The Morgan fingerprint density at radius 3 is 1.77 bits per heavy atom. The van der Waals surface area contributed by atoms with Crippen molar-refractivity contribution in [1.82, 2.24) is 0 Å². The molecule has 0 aliphatic heterocycles. The summed E-state index contributed by atoms with van der Waals surface area (Å²) in [4.78, 5) is 11.9. The molecule has 0 spiro atoms. The molecule has 1 nitrogen and oxygen atoms in total. The molecule has 0 saturated carbocycles. The van der Waals surface area contributed by atoms with Crippen LogP contribution in [-0.2, 0) is 6.42 Å². The molecule has 0 aromatic heterocycles. The average molecular weight is 314 g/mol.